The fourth-order valence-electron chi connectivity index (χ4n) is 2.04. The van der Waals surface area contributed by atoms with E-state index in [-0.39, 0.29) is 29.8 Å². The van der Waals surface area contributed by atoms with Gasteiger partial charge in [-0.25, -0.2) is 0 Å². The standard InChI is InChI=1S/C18H21N3O4S.ClH/c1-26-10-8-14(19)18(24)21-15-11-12(4-6-16(15)22)20-17(23)7-5-13-3-2-9-25-13;/h2-7,9,11,14,22H,8,10,19H2,1H3,(H,20,23)(H,21,24);1H/b7-5+;/t14-;/m0./s1. The molecule has 146 valence electrons. The third kappa shape index (κ3) is 7.38. The molecule has 7 nitrogen and oxygen atoms in total. The summed E-state index contributed by atoms with van der Waals surface area (Å²) in [6.45, 7) is 0. The van der Waals surface area contributed by atoms with Crippen molar-refractivity contribution in [2.75, 3.05) is 22.6 Å². The van der Waals surface area contributed by atoms with E-state index in [1.807, 2.05) is 6.26 Å². The lowest BCUT2D eigenvalue weighted by atomic mass is 10.2. The quantitative estimate of drug-likeness (QED) is 0.301. The summed E-state index contributed by atoms with van der Waals surface area (Å²) in [5.41, 5.74) is 6.42. The van der Waals surface area contributed by atoms with Crippen LogP contribution in [0.15, 0.2) is 47.1 Å². The molecule has 0 aliphatic carbocycles. The van der Waals surface area contributed by atoms with Gasteiger partial charge in [0.25, 0.3) is 0 Å². The van der Waals surface area contributed by atoms with Gasteiger partial charge in [0.15, 0.2) is 0 Å². The maximum Gasteiger partial charge on any atom is 0.248 e. The number of nitrogens with one attached hydrogen (secondary N) is 2. The number of amides is 2. The summed E-state index contributed by atoms with van der Waals surface area (Å²) in [5.74, 6) is 0.438. The van der Waals surface area contributed by atoms with Gasteiger partial charge in [-0.2, -0.15) is 11.8 Å². The van der Waals surface area contributed by atoms with E-state index in [0.717, 1.165) is 5.75 Å². The van der Waals surface area contributed by atoms with E-state index >= 15 is 0 Å². The Kier molecular flexibility index (Phi) is 9.49. The van der Waals surface area contributed by atoms with E-state index < -0.39 is 11.9 Å². The number of carbonyl (C=O) groups excluding carboxylic acids is 2. The molecule has 0 fully saturated rings. The Morgan fingerprint density at radius 3 is 2.78 bits per heavy atom. The number of hydrogen-bond donors (Lipinski definition) is 4. The van der Waals surface area contributed by atoms with E-state index in [2.05, 4.69) is 10.6 Å². The predicted octanol–water partition coefficient (Wildman–Crippen LogP) is 3.08. The number of furan rings is 1. The third-order valence-electron chi connectivity index (χ3n) is 3.43. The highest BCUT2D eigenvalue weighted by Gasteiger charge is 2.15. The Morgan fingerprint density at radius 1 is 1.33 bits per heavy atom. The van der Waals surface area contributed by atoms with E-state index in [1.54, 1.807) is 23.9 Å². The minimum atomic E-state index is -0.670. The van der Waals surface area contributed by atoms with Gasteiger partial charge in [-0.1, -0.05) is 0 Å². The zero-order chi connectivity index (χ0) is 18.9. The van der Waals surface area contributed by atoms with Crippen LogP contribution in [0.1, 0.15) is 12.2 Å². The van der Waals surface area contributed by atoms with Crippen LogP contribution in [0.4, 0.5) is 11.4 Å². The Hall–Kier alpha value is -2.42. The van der Waals surface area contributed by atoms with Crippen molar-refractivity contribution in [2.24, 2.45) is 5.73 Å². The number of phenolic OH excluding ortho intramolecular Hbond substituents is 1. The topological polar surface area (TPSA) is 118 Å². The second-order valence-corrected chi connectivity index (χ2v) is 6.43. The molecule has 2 rings (SSSR count). The molecule has 0 bridgehead atoms. The molecule has 0 radical (unpaired) electrons. The van der Waals surface area contributed by atoms with Crippen LogP contribution in [0.2, 0.25) is 0 Å². The molecular formula is C18H22ClN3O4S. The SMILES string of the molecule is CSCC[C@H](N)C(=O)Nc1cc(NC(=O)/C=C/c2ccco2)ccc1O.Cl. The molecule has 1 atom stereocenters. The van der Waals surface area contributed by atoms with E-state index in [0.29, 0.717) is 17.9 Å². The Morgan fingerprint density at radius 2 is 2.11 bits per heavy atom. The lowest BCUT2D eigenvalue weighted by Crippen LogP contribution is -2.36. The number of carbonyl (C=O) groups is 2. The fraction of sp³-hybridized carbons (Fsp3) is 0.222. The van der Waals surface area contributed by atoms with Crippen molar-refractivity contribution in [1.82, 2.24) is 0 Å². The van der Waals surface area contributed by atoms with Crippen molar-refractivity contribution in [2.45, 2.75) is 12.5 Å². The van der Waals surface area contributed by atoms with Crippen LogP contribution in [0.25, 0.3) is 6.08 Å². The number of anilines is 2. The van der Waals surface area contributed by atoms with Crippen LogP contribution in [-0.2, 0) is 9.59 Å². The minimum Gasteiger partial charge on any atom is -0.506 e. The van der Waals surface area contributed by atoms with Gasteiger partial charge in [0.1, 0.15) is 11.5 Å². The molecule has 2 aromatic rings. The predicted molar refractivity (Wildman–Crippen MR) is 111 cm³/mol. The molecule has 5 N–H and O–H groups in total. The molecule has 0 aliphatic heterocycles. The molecular weight excluding hydrogens is 390 g/mol. The van der Waals surface area contributed by atoms with Crippen molar-refractivity contribution in [3.63, 3.8) is 0 Å². The highest BCUT2D eigenvalue weighted by atomic mass is 35.5. The van der Waals surface area contributed by atoms with Crippen LogP contribution < -0.4 is 16.4 Å². The van der Waals surface area contributed by atoms with Crippen LogP contribution in [0.3, 0.4) is 0 Å². The summed E-state index contributed by atoms with van der Waals surface area (Å²) >= 11 is 1.60. The first-order valence-corrected chi connectivity index (χ1v) is 9.30. The van der Waals surface area contributed by atoms with Gasteiger partial charge in [-0.05, 0) is 54.8 Å². The first-order valence-electron chi connectivity index (χ1n) is 7.90. The van der Waals surface area contributed by atoms with Gasteiger partial charge in [-0.15, -0.1) is 12.4 Å². The van der Waals surface area contributed by atoms with Crippen molar-refractivity contribution in [3.05, 3.63) is 48.4 Å². The lowest BCUT2D eigenvalue weighted by molar-refractivity contribution is -0.117. The first kappa shape index (κ1) is 22.6. The summed E-state index contributed by atoms with van der Waals surface area (Å²) in [6, 6.07) is 7.14. The van der Waals surface area contributed by atoms with Crippen molar-refractivity contribution in [3.8, 4) is 5.75 Å². The number of benzene rings is 1. The summed E-state index contributed by atoms with van der Waals surface area (Å²) < 4.78 is 5.10. The van der Waals surface area contributed by atoms with Crippen molar-refractivity contribution < 1.29 is 19.1 Å². The minimum absolute atomic E-state index is 0. The summed E-state index contributed by atoms with van der Waals surface area (Å²) in [4.78, 5) is 24.0. The molecule has 0 spiro atoms. The largest absolute Gasteiger partial charge is 0.506 e. The molecule has 1 heterocycles. The molecule has 0 saturated heterocycles. The van der Waals surface area contributed by atoms with Crippen LogP contribution in [0.5, 0.6) is 5.75 Å². The maximum absolute atomic E-state index is 12.1. The van der Waals surface area contributed by atoms with Gasteiger partial charge in [0, 0.05) is 11.8 Å². The summed E-state index contributed by atoms with van der Waals surface area (Å²) in [5, 5.41) is 15.1. The number of aromatic hydroxyl groups is 1. The first-order chi connectivity index (χ1) is 12.5. The molecule has 1 aromatic heterocycles. The number of hydrogen-bond acceptors (Lipinski definition) is 6. The highest BCUT2D eigenvalue weighted by Crippen LogP contribution is 2.27. The number of halogens is 1. The van der Waals surface area contributed by atoms with Gasteiger partial charge < -0.3 is 25.9 Å². The molecule has 0 unspecified atom stereocenters. The third-order valence-corrected chi connectivity index (χ3v) is 4.08. The Bertz CT molecular complexity index is 781. The van der Waals surface area contributed by atoms with E-state index in [4.69, 9.17) is 10.2 Å². The smallest absolute Gasteiger partial charge is 0.248 e. The average Bonchev–Trinajstić information content (AvgIpc) is 3.14. The normalized spacial score (nSPS) is 11.6. The van der Waals surface area contributed by atoms with E-state index in [1.165, 1.54) is 36.6 Å². The monoisotopic (exact) mass is 411 g/mol. The summed E-state index contributed by atoms with van der Waals surface area (Å²) in [7, 11) is 0. The second-order valence-electron chi connectivity index (χ2n) is 5.45. The van der Waals surface area contributed by atoms with Crippen LogP contribution >= 0.6 is 24.2 Å². The molecule has 2 amide bonds. The number of thioether (sulfide) groups is 1. The number of rotatable bonds is 8. The zero-order valence-electron chi connectivity index (χ0n) is 14.7. The lowest BCUT2D eigenvalue weighted by Gasteiger charge is -2.13. The molecule has 0 aliphatic rings. The number of nitrogens with two attached hydrogens (primary N) is 1. The van der Waals surface area contributed by atoms with Gasteiger partial charge in [0.05, 0.1) is 18.0 Å². The zero-order valence-corrected chi connectivity index (χ0v) is 16.3. The van der Waals surface area contributed by atoms with Crippen LogP contribution in [0, 0.1) is 0 Å². The van der Waals surface area contributed by atoms with Crippen LogP contribution in [-0.4, -0.2) is 35.0 Å². The van der Waals surface area contributed by atoms with Crippen molar-refractivity contribution in [1.29, 1.82) is 0 Å². The van der Waals surface area contributed by atoms with Gasteiger partial charge >= 0.3 is 0 Å². The van der Waals surface area contributed by atoms with Gasteiger partial charge in [-0.3, -0.25) is 9.59 Å². The molecule has 27 heavy (non-hydrogen) atoms. The molecule has 0 saturated carbocycles. The summed E-state index contributed by atoms with van der Waals surface area (Å²) in [6.07, 6.45) is 6.83. The Labute approximate surface area is 167 Å². The average molecular weight is 412 g/mol. The van der Waals surface area contributed by atoms with Gasteiger partial charge in [0.2, 0.25) is 11.8 Å². The second kappa shape index (κ2) is 11.3. The number of phenols is 1. The Balaban J connectivity index is 0.00000364. The van der Waals surface area contributed by atoms with E-state index in [9.17, 15) is 14.7 Å². The highest BCUT2D eigenvalue weighted by molar-refractivity contribution is 7.98. The maximum atomic E-state index is 12.1. The fourth-order valence-corrected chi connectivity index (χ4v) is 2.53. The van der Waals surface area contributed by atoms with Crippen molar-refractivity contribution >= 4 is 53.4 Å². The molecule has 9 heteroatoms. The molecule has 1 aromatic carbocycles.